The van der Waals surface area contributed by atoms with E-state index >= 15 is 0 Å². The number of nitrogens with one attached hydrogen (secondary N) is 2. The topological polar surface area (TPSA) is 84.2 Å². The number of carbonyl (C=O) groups excluding carboxylic acids is 2. The zero-order valence-electron chi connectivity index (χ0n) is 15.1. The normalized spacial score (nSPS) is 15.8. The molecule has 0 aromatic heterocycles. The monoisotopic (exact) mass is 369 g/mol. The van der Waals surface area contributed by atoms with Crippen LogP contribution in [0.5, 0.6) is 0 Å². The molecule has 1 saturated carbocycles. The summed E-state index contributed by atoms with van der Waals surface area (Å²) in [5, 5.41) is 5.67. The summed E-state index contributed by atoms with van der Waals surface area (Å²) < 4.78 is 12.9. The molecule has 1 aliphatic rings. The zero-order valence-corrected chi connectivity index (χ0v) is 15.1. The molecule has 142 valence electrons. The van der Waals surface area contributed by atoms with Crippen molar-refractivity contribution in [3.05, 3.63) is 65.5 Å². The number of anilines is 1. The van der Waals surface area contributed by atoms with Crippen molar-refractivity contribution in [2.45, 2.75) is 44.2 Å². The molecule has 0 heterocycles. The quantitative estimate of drug-likeness (QED) is 0.756. The Bertz CT molecular complexity index is 797. The van der Waals surface area contributed by atoms with Gasteiger partial charge in [-0.1, -0.05) is 31.4 Å². The van der Waals surface area contributed by atoms with Crippen molar-refractivity contribution in [2.24, 2.45) is 5.73 Å². The van der Waals surface area contributed by atoms with E-state index in [1.807, 2.05) is 12.1 Å². The number of benzene rings is 2. The van der Waals surface area contributed by atoms with Crippen molar-refractivity contribution in [1.29, 1.82) is 0 Å². The molecule has 2 aromatic rings. The van der Waals surface area contributed by atoms with Crippen LogP contribution >= 0.6 is 0 Å². The Balaban J connectivity index is 1.53. The fourth-order valence-electron chi connectivity index (χ4n) is 3.28. The minimum absolute atomic E-state index is 0.101. The largest absolute Gasteiger partial charge is 0.350 e. The standard InChI is InChI=1S/C21H24FN3O2/c22-17-8-6-16(7-9-17)19(26)25-18-10-4-15(5-11-18)14-24-20(27)21(23)12-2-1-3-13-21/h4-11H,1-3,12-14,23H2,(H,24,27)(H,25,26). The lowest BCUT2D eigenvalue weighted by atomic mass is 9.82. The number of hydrogen-bond donors (Lipinski definition) is 3. The third-order valence-corrected chi connectivity index (χ3v) is 4.97. The number of amides is 2. The first kappa shape index (κ1) is 19.0. The molecule has 2 amide bonds. The Morgan fingerprint density at radius 2 is 1.59 bits per heavy atom. The summed E-state index contributed by atoms with van der Waals surface area (Å²) in [4.78, 5) is 24.5. The van der Waals surface area contributed by atoms with Crippen molar-refractivity contribution in [2.75, 3.05) is 5.32 Å². The van der Waals surface area contributed by atoms with E-state index in [1.54, 1.807) is 12.1 Å². The average Bonchev–Trinajstić information content (AvgIpc) is 2.68. The Morgan fingerprint density at radius 3 is 2.22 bits per heavy atom. The summed E-state index contributed by atoms with van der Waals surface area (Å²) in [6, 6.07) is 12.6. The number of hydrogen-bond acceptors (Lipinski definition) is 3. The van der Waals surface area contributed by atoms with Crippen LogP contribution in [0.25, 0.3) is 0 Å². The summed E-state index contributed by atoms with van der Waals surface area (Å²) in [6.45, 7) is 0.393. The van der Waals surface area contributed by atoms with E-state index in [0.29, 0.717) is 17.8 Å². The highest BCUT2D eigenvalue weighted by Crippen LogP contribution is 2.26. The van der Waals surface area contributed by atoms with Crippen molar-refractivity contribution in [3.8, 4) is 0 Å². The molecular weight excluding hydrogens is 345 g/mol. The summed E-state index contributed by atoms with van der Waals surface area (Å²) in [5.41, 5.74) is 7.41. The van der Waals surface area contributed by atoms with Gasteiger partial charge in [-0.3, -0.25) is 9.59 Å². The highest BCUT2D eigenvalue weighted by molar-refractivity contribution is 6.04. The molecule has 0 saturated heterocycles. The lowest BCUT2D eigenvalue weighted by Crippen LogP contribution is -2.54. The maximum atomic E-state index is 12.9. The smallest absolute Gasteiger partial charge is 0.255 e. The van der Waals surface area contributed by atoms with Gasteiger partial charge in [0.1, 0.15) is 5.82 Å². The van der Waals surface area contributed by atoms with Gasteiger partial charge in [-0.05, 0) is 54.8 Å². The molecule has 27 heavy (non-hydrogen) atoms. The minimum Gasteiger partial charge on any atom is -0.350 e. The van der Waals surface area contributed by atoms with Crippen LogP contribution in [0.4, 0.5) is 10.1 Å². The molecule has 0 aliphatic heterocycles. The van der Waals surface area contributed by atoms with E-state index in [0.717, 1.165) is 37.7 Å². The molecular formula is C21H24FN3O2. The fourth-order valence-corrected chi connectivity index (χ4v) is 3.28. The first-order chi connectivity index (χ1) is 13.0. The molecule has 0 radical (unpaired) electrons. The average molecular weight is 369 g/mol. The van der Waals surface area contributed by atoms with E-state index in [4.69, 9.17) is 5.73 Å². The number of nitrogens with two attached hydrogens (primary N) is 1. The van der Waals surface area contributed by atoms with Gasteiger partial charge < -0.3 is 16.4 Å². The van der Waals surface area contributed by atoms with Gasteiger partial charge in [0.05, 0.1) is 5.54 Å². The Morgan fingerprint density at radius 1 is 0.963 bits per heavy atom. The van der Waals surface area contributed by atoms with Gasteiger partial charge in [-0.15, -0.1) is 0 Å². The van der Waals surface area contributed by atoms with Crippen LogP contribution < -0.4 is 16.4 Å². The molecule has 0 atom stereocenters. The predicted octanol–water partition coefficient (Wildman–Crippen LogP) is 3.36. The van der Waals surface area contributed by atoms with E-state index in [-0.39, 0.29) is 17.6 Å². The van der Waals surface area contributed by atoms with Crippen LogP contribution in [-0.4, -0.2) is 17.4 Å². The first-order valence-electron chi connectivity index (χ1n) is 9.19. The Hall–Kier alpha value is -2.73. The van der Waals surface area contributed by atoms with Crippen molar-refractivity contribution >= 4 is 17.5 Å². The second-order valence-electron chi connectivity index (χ2n) is 7.06. The van der Waals surface area contributed by atoms with Gasteiger partial charge in [0.25, 0.3) is 5.91 Å². The lowest BCUT2D eigenvalue weighted by Gasteiger charge is -2.31. The molecule has 4 N–H and O–H groups in total. The van der Waals surface area contributed by atoms with Crippen molar-refractivity contribution in [1.82, 2.24) is 5.32 Å². The van der Waals surface area contributed by atoms with Gasteiger partial charge in [0.15, 0.2) is 0 Å². The molecule has 2 aromatic carbocycles. The number of carbonyl (C=O) groups is 2. The van der Waals surface area contributed by atoms with Gasteiger partial charge in [-0.25, -0.2) is 4.39 Å². The molecule has 0 unspecified atom stereocenters. The SMILES string of the molecule is NC1(C(=O)NCc2ccc(NC(=O)c3ccc(F)cc3)cc2)CCCCC1. The summed E-state index contributed by atoms with van der Waals surface area (Å²) in [5.74, 6) is -0.792. The van der Waals surface area contributed by atoms with Crippen LogP contribution in [0.15, 0.2) is 48.5 Å². The van der Waals surface area contributed by atoms with Crippen molar-refractivity contribution in [3.63, 3.8) is 0 Å². The van der Waals surface area contributed by atoms with Crippen LogP contribution in [-0.2, 0) is 11.3 Å². The third-order valence-electron chi connectivity index (χ3n) is 4.97. The lowest BCUT2D eigenvalue weighted by molar-refractivity contribution is -0.127. The second kappa shape index (κ2) is 8.31. The van der Waals surface area contributed by atoms with Gasteiger partial charge in [0.2, 0.25) is 5.91 Å². The molecule has 5 nitrogen and oxygen atoms in total. The second-order valence-corrected chi connectivity index (χ2v) is 7.06. The zero-order chi connectivity index (χ0) is 19.3. The van der Waals surface area contributed by atoms with Gasteiger partial charge in [-0.2, -0.15) is 0 Å². The van der Waals surface area contributed by atoms with E-state index in [1.165, 1.54) is 24.3 Å². The van der Waals surface area contributed by atoms with Crippen molar-refractivity contribution < 1.29 is 14.0 Å². The maximum absolute atomic E-state index is 12.9. The molecule has 0 bridgehead atoms. The van der Waals surface area contributed by atoms with Crippen LogP contribution in [0.1, 0.15) is 48.0 Å². The minimum atomic E-state index is -0.749. The summed E-state index contributed by atoms with van der Waals surface area (Å²) in [6.07, 6.45) is 4.58. The highest BCUT2D eigenvalue weighted by Gasteiger charge is 2.34. The molecule has 0 spiro atoms. The maximum Gasteiger partial charge on any atom is 0.255 e. The summed E-state index contributed by atoms with van der Waals surface area (Å²) >= 11 is 0. The molecule has 3 rings (SSSR count). The Kier molecular flexibility index (Phi) is 5.86. The van der Waals surface area contributed by atoms with Gasteiger partial charge in [0, 0.05) is 17.8 Å². The van der Waals surface area contributed by atoms with Crippen LogP contribution in [0.2, 0.25) is 0 Å². The molecule has 1 aliphatic carbocycles. The first-order valence-corrected chi connectivity index (χ1v) is 9.19. The predicted molar refractivity (Wildman–Crippen MR) is 103 cm³/mol. The highest BCUT2D eigenvalue weighted by atomic mass is 19.1. The van der Waals surface area contributed by atoms with Gasteiger partial charge >= 0.3 is 0 Å². The van der Waals surface area contributed by atoms with E-state index in [2.05, 4.69) is 10.6 Å². The van der Waals surface area contributed by atoms with E-state index < -0.39 is 5.54 Å². The Labute approximate surface area is 158 Å². The molecule has 6 heteroatoms. The molecule has 1 fully saturated rings. The van der Waals surface area contributed by atoms with Crippen LogP contribution in [0.3, 0.4) is 0 Å². The van der Waals surface area contributed by atoms with Crippen LogP contribution in [0, 0.1) is 5.82 Å². The third kappa shape index (κ3) is 4.92. The number of rotatable bonds is 5. The van der Waals surface area contributed by atoms with E-state index in [9.17, 15) is 14.0 Å². The summed E-state index contributed by atoms with van der Waals surface area (Å²) in [7, 11) is 0. The number of halogens is 1. The fraction of sp³-hybridized carbons (Fsp3) is 0.333.